The molecule has 12 heteroatoms. The lowest BCUT2D eigenvalue weighted by Gasteiger charge is -2.10. The third kappa shape index (κ3) is 4.09. The van der Waals surface area contributed by atoms with Crippen molar-refractivity contribution in [3.05, 3.63) is 40.3 Å². The van der Waals surface area contributed by atoms with Crippen molar-refractivity contribution in [2.45, 2.75) is 47.0 Å². The molecule has 0 saturated carbocycles. The molecule has 0 saturated heterocycles. The van der Waals surface area contributed by atoms with Crippen LogP contribution in [-0.2, 0) is 24.1 Å². The number of aromatic nitrogens is 6. The molecule has 0 atom stereocenters. The third-order valence-corrected chi connectivity index (χ3v) is 5.66. The number of alkyl halides is 3. The van der Waals surface area contributed by atoms with Crippen molar-refractivity contribution >= 4 is 33.4 Å². The van der Waals surface area contributed by atoms with Crippen LogP contribution >= 0.6 is 11.3 Å². The van der Waals surface area contributed by atoms with E-state index >= 15 is 0 Å². The van der Waals surface area contributed by atoms with E-state index in [1.54, 1.807) is 4.68 Å². The van der Waals surface area contributed by atoms with Crippen LogP contribution in [0.2, 0.25) is 0 Å². The summed E-state index contributed by atoms with van der Waals surface area (Å²) in [5, 5.41) is 13.3. The van der Waals surface area contributed by atoms with E-state index in [0.29, 0.717) is 10.8 Å². The fourth-order valence-electron chi connectivity index (χ4n) is 3.49. The Labute approximate surface area is 185 Å². The van der Waals surface area contributed by atoms with E-state index in [1.807, 2.05) is 25.4 Å². The second kappa shape index (κ2) is 8.01. The third-order valence-electron chi connectivity index (χ3n) is 4.90. The molecule has 0 aliphatic rings. The van der Waals surface area contributed by atoms with Crippen LogP contribution in [0.15, 0.2) is 17.6 Å². The first kappa shape index (κ1) is 21.9. The maximum Gasteiger partial charge on any atom is 0.417 e. The highest BCUT2D eigenvalue weighted by Gasteiger charge is 2.35. The number of anilines is 1. The van der Waals surface area contributed by atoms with E-state index in [-0.39, 0.29) is 29.0 Å². The van der Waals surface area contributed by atoms with Crippen LogP contribution in [0.4, 0.5) is 18.3 Å². The smallest absolute Gasteiger partial charge is 0.300 e. The second-order valence-electron chi connectivity index (χ2n) is 7.32. The number of thiazole rings is 1. The summed E-state index contributed by atoms with van der Waals surface area (Å²) < 4.78 is 43.4. The first-order valence-electron chi connectivity index (χ1n) is 9.78. The van der Waals surface area contributed by atoms with Gasteiger partial charge in [-0.25, -0.2) is 14.6 Å². The highest BCUT2D eigenvalue weighted by molar-refractivity contribution is 7.14. The summed E-state index contributed by atoms with van der Waals surface area (Å²) in [5.74, 6) is -0.465. The Hall–Kier alpha value is -3.28. The predicted octanol–water partition coefficient (Wildman–Crippen LogP) is 4.35. The molecule has 1 amide bonds. The van der Waals surface area contributed by atoms with Gasteiger partial charge in [-0.1, -0.05) is 0 Å². The maximum atomic E-state index is 13.5. The number of carbonyl (C=O) groups excluding carboxylic acids is 1. The molecule has 4 aromatic rings. The van der Waals surface area contributed by atoms with Gasteiger partial charge >= 0.3 is 6.18 Å². The molecule has 0 bridgehead atoms. The lowest BCUT2D eigenvalue weighted by Crippen LogP contribution is -2.20. The lowest BCUT2D eigenvalue weighted by molar-refractivity contribution is -0.136. The van der Waals surface area contributed by atoms with Crippen LogP contribution in [0.3, 0.4) is 0 Å². The molecule has 32 heavy (non-hydrogen) atoms. The summed E-state index contributed by atoms with van der Waals surface area (Å²) in [6.45, 7) is 7.25. The van der Waals surface area contributed by atoms with E-state index in [4.69, 9.17) is 0 Å². The predicted molar refractivity (Wildman–Crippen MR) is 114 cm³/mol. The number of hydrogen-bond donors (Lipinski definition) is 1. The Morgan fingerprint density at radius 3 is 2.56 bits per heavy atom. The molecule has 8 nitrogen and oxygen atoms in total. The summed E-state index contributed by atoms with van der Waals surface area (Å²) >= 11 is 1.25. The van der Waals surface area contributed by atoms with Gasteiger partial charge in [0.15, 0.2) is 10.8 Å². The van der Waals surface area contributed by atoms with Crippen molar-refractivity contribution in [1.29, 1.82) is 0 Å². The van der Waals surface area contributed by atoms with Crippen molar-refractivity contribution < 1.29 is 18.0 Å². The first-order valence-corrected chi connectivity index (χ1v) is 10.7. The van der Waals surface area contributed by atoms with Gasteiger partial charge in [-0.3, -0.25) is 9.48 Å². The van der Waals surface area contributed by atoms with E-state index < -0.39 is 17.6 Å². The fourth-order valence-corrected chi connectivity index (χ4v) is 4.22. The monoisotopic (exact) mass is 463 g/mol. The SMILES string of the molecule is CCn1cc(-c2csc(NC(=O)Cn3nc(C)c4c(C(F)(F)F)cc(C)nc43)n2)c(C)n1. The molecule has 168 valence electrons. The fraction of sp³-hybridized carbons (Fsp3) is 0.350. The van der Waals surface area contributed by atoms with Gasteiger partial charge < -0.3 is 5.32 Å². The number of fused-ring (bicyclic) bond motifs is 1. The second-order valence-corrected chi connectivity index (χ2v) is 8.18. The van der Waals surface area contributed by atoms with Crippen LogP contribution in [0.5, 0.6) is 0 Å². The molecule has 0 spiro atoms. The molecule has 0 fully saturated rings. The van der Waals surface area contributed by atoms with Gasteiger partial charge in [0, 0.05) is 29.4 Å². The summed E-state index contributed by atoms with van der Waals surface area (Å²) in [6, 6.07) is 0.987. The lowest BCUT2D eigenvalue weighted by atomic mass is 10.1. The topological polar surface area (TPSA) is 90.5 Å². The van der Waals surface area contributed by atoms with Crippen molar-refractivity contribution in [1.82, 2.24) is 29.5 Å². The van der Waals surface area contributed by atoms with Gasteiger partial charge in [-0.2, -0.15) is 23.4 Å². The molecule has 0 aliphatic heterocycles. The Morgan fingerprint density at radius 1 is 1.16 bits per heavy atom. The quantitative estimate of drug-likeness (QED) is 0.475. The van der Waals surface area contributed by atoms with Crippen molar-refractivity contribution in [3.8, 4) is 11.3 Å². The van der Waals surface area contributed by atoms with Crippen LogP contribution < -0.4 is 5.32 Å². The number of pyridine rings is 1. The molecular formula is C20H20F3N7OS. The van der Waals surface area contributed by atoms with E-state index in [0.717, 1.165) is 23.9 Å². The summed E-state index contributed by atoms with van der Waals surface area (Å²) in [5.41, 5.74) is 1.96. The normalized spacial score (nSPS) is 12.0. The maximum absolute atomic E-state index is 13.5. The Morgan fingerprint density at radius 2 is 1.91 bits per heavy atom. The number of carbonyl (C=O) groups is 1. The summed E-state index contributed by atoms with van der Waals surface area (Å²) in [6.07, 6.45) is -2.66. The van der Waals surface area contributed by atoms with Gasteiger partial charge in [-0.15, -0.1) is 11.3 Å². The highest BCUT2D eigenvalue weighted by Crippen LogP contribution is 2.36. The number of halogens is 3. The minimum Gasteiger partial charge on any atom is -0.300 e. The molecule has 0 aromatic carbocycles. The zero-order valence-electron chi connectivity index (χ0n) is 17.8. The molecule has 4 aromatic heterocycles. The van der Waals surface area contributed by atoms with Crippen molar-refractivity contribution in [2.24, 2.45) is 0 Å². The summed E-state index contributed by atoms with van der Waals surface area (Å²) in [4.78, 5) is 21.2. The van der Waals surface area contributed by atoms with Gasteiger partial charge in [0.1, 0.15) is 6.54 Å². The van der Waals surface area contributed by atoms with E-state index in [2.05, 4.69) is 25.5 Å². The largest absolute Gasteiger partial charge is 0.417 e. The summed E-state index contributed by atoms with van der Waals surface area (Å²) in [7, 11) is 0. The van der Waals surface area contributed by atoms with E-state index in [1.165, 1.54) is 29.9 Å². The number of nitrogens with zero attached hydrogens (tertiary/aromatic N) is 6. The number of hydrogen-bond acceptors (Lipinski definition) is 6. The molecule has 0 radical (unpaired) electrons. The molecule has 4 rings (SSSR count). The van der Waals surface area contributed by atoms with Crippen LogP contribution in [0.1, 0.15) is 29.6 Å². The number of aryl methyl sites for hydroxylation is 4. The number of rotatable bonds is 5. The van der Waals surface area contributed by atoms with Crippen LogP contribution in [0, 0.1) is 20.8 Å². The molecule has 1 N–H and O–H groups in total. The molecular weight excluding hydrogens is 443 g/mol. The Balaban J connectivity index is 1.57. The van der Waals surface area contributed by atoms with Crippen molar-refractivity contribution in [3.63, 3.8) is 0 Å². The number of nitrogens with one attached hydrogen (secondary N) is 1. The van der Waals surface area contributed by atoms with Gasteiger partial charge in [-0.05, 0) is 33.8 Å². The highest BCUT2D eigenvalue weighted by atomic mass is 32.1. The zero-order valence-corrected chi connectivity index (χ0v) is 18.6. The molecule has 4 heterocycles. The Kier molecular flexibility index (Phi) is 5.49. The zero-order chi connectivity index (χ0) is 23.2. The average Bonchev–Trinajstić information content (AvgIpc) is 3.38. The minimum absolute atomic E-state index is 0.0207. The van der Waals surface area contributed by atoms with Crippen molar-refractivity contribution in [2.75, 3.05) is 5.32 Å². The van der Waals surface area contributed by atoms with Gasteiger partial charge in [0.25, 0.3) is 0 Å². The van der Waals surface area contributed by atoms with Crippen LogP contribution in [-0.4, -0.2) is 35.4 Å². The van der Waals surface area contributed by atoms with Gasteiger partial charge in [0.2, 0.25) is 5.91 Å². The molecule has 0 unspecified atom stereocenters. The Bertz CT molecular complexity index is 1320. The molecule has 0 aliphatic carbocycles. The average molecular weight is 463 g/mol. The standard InChI is InChI=1S/C20H20F3N7OS/c1-5-29-7-13(11(3)27-29)15-9-32-19(25-15)26-16(31)8-30-18-17(12(4)28-30)14(20(21,22)23)6-10(2)24-18/h6-7,9H,5,8H2,1-4H3,(H,25,26,31). The van der Waals surface area contributed by atoms with Gasteiger partial charge in [0.05, 0.1) is 28.0 Å². The van der Waals surface area contributed by atoms with Crippen LogP contribution in [0.25, 0.3) is 22.3 Å². The first-order chi connectivity index (χ1) is 15.1. The van der Waals surface area contributed by atoms with E-state index in [9.17, 15) is 18.0 Å². The minimum atomic E-state index is -4.55. The number of amides is 1.